The van der Waals surface area contributed by atoms with Crippen LogP contribution in [-0.4, -0.2) is 33.1 Å². The highest BCUT2D eigenvalue weighted by Gasteiger charge is 2.28. The molecule has 1 aliphatic rings. The number of amides is 1. The zero-order valence-corrected chi connectivity index (χ0v) is 15.0. The molecule has 0 radical (unpaired) electrons. The van der Waals surface area contributed by atoms with Crippen LogP contribution >= 0.6 is 0 Å². The van der Waals surface area contributed by atoms with Gasteiger partial charge < -0.3 is 20.1 Å². The lowest BCUT2D eigenvalue weighted by atomic mass is 10.1. The van der Waals surface area contributed by atoms with E-state index in [4.69, 9.17) is 15.2 Å². The van der Waals surface area contributed by atoms with Crippen LogP contribution in [0.4, 0.5) is 14.9 Å². The van der Waals surface area contributed by atoms with Crippen LogP contribution in [-0.2, 0) is 17.7 Å². The molecule has 0 aliphatic carbocycles. The summed E-state index contributed by atoms with van der Waals surface area (Å²) in [5.74, 6) is -0.249. The maximum absolute atomic E-state index is 14.0. The Kier molecular flexibility index (Phi) is 4.67. The Morgan fingerprint density at radius 3 is 2.77 bits per heavy atom. The molecule has 138 valence electrons. The van der Waals surface area contributed by atoms with Gasteiger partial charge in [0.1, 0.15) is 11.9 Å². The van der Waals surface area contributed by atoms with E-state index >= 15 is 0 Å². The fourth-order valence-corrected chi connectivity index (χ4v) is 2.60. The number of rotatable bonds is 2. The van der Waals surface area contributed by atoms with Crippen molar-refractivity contribution in [1.82, 2.24) is 14.9 Å². The Balaban J connectivity index is 1.79. The van der Waals surface area contributed by atoms with Gasteiger partial charge in [0.15, 0.2) is 11.6 Å². The largest absolute Gasteiger partial charge is 0.444 e. The summed E-state index contributed by atoms with van der Waals surface area (Å²) in [5.41, 5.74) is 6.70. The van der Waals surface area contributed by atoms with Crippen LogP contribution in [0.2, 0.25) is 0 Å². The molecule has 0 atom stereocenters. The molecule has 0 spiro atoms. The maximum Gasteiger partial charge on any atom is 0.410 e. The van der Waals surface area contributed by atoms with Crippen LogP contribution in [0.25, 0.3) is 0 Å². The third-order valence-electron chi connectivity index (χ3n) is 3.78. The molecule has 3 rings (SSSR count). The number of carbonyl (C=O) groups is 1. The Morgan fingerprint density at radius 2 is 2.08 bits per heavy atom. The highest BCUT2D eigenvalue weighted by Crippen LogP contribution is 2.30. The second kappa shape index (κ2) is 6.78. The molecule has 8 heteroatoms. The van der Waals surface area contributed by atoms with E-state index in [1.165, 1.54) is 18.5 Å². The standard InChI is InChI=1S/C18H21FN4O3/c1-18(2,3)26-17(24)23-7-6-12-14(9-23)21-10-22-16(12)25-15-5-4-11(20)8-13(15)19/h4-5,8,10H,6-7,9,20H2,1-3H3. The normalized spacial score (nSPS) is 13.9. The first-order chi connectivity index (χ1) is 12.2. The van der Waals surface area contributed by atoms with Crippen LogP contribution in [0.1, 0.15) is 32.0 Å². The van der Waals surface area contributed by atoms with Gasteiger partial charge in [-0.15, -0.1) is 0 Å². The van der Waals surface area contributed by atoms with Gasteiger partial charge >= 0.3 is 6.09 Å². The van der Waals surface area contributed by atoms with E-state index in [0.717, 1.165) is 5.56 Å². The molecule has 26 heavy (non-hydrogen) atoms. The lowest BCUT2D eigenvalue weighted by Crippen LogP contribution is -2.40. The molecular formula is C18H21FN4O3. The summed E-state index contributed by atoms with van der Waals surface area (Å²) in [5, 5.41) is 0. The molecule has 2 heterocycles. The van der Waals surface area contributed by atoms with E-state index < -0.39 is 17.5 Å². The van der Waals surface area contributed by atoms with Gasteiger partial charge in [0.05, 0.1) is 12.2 Å². The molecular weight excluding hydrogens is 339 g/mol. The van der Waals surface area contributed by atoms with E-state index in [-0.39, 0.29) is 18.2 Å². The average Bonchev–Trinajstić information content (AvgIpc) is 2.55. The molecule has 0 saturated carbocycles. The van der Waals surface area contributed by atoms with Crippen molar-refractivity contribution < 1.29 is 18.7 Å². The average molecular weight is 360 g/mol. The highest BCUT2D eigenvalue weighted by atomic mass is 19.1. The Bertz CT molecular complexity index is 836. The molecule has 0 bridgehead atoms. The molecule has 1 aliphatic heterocycles. The minimum absolute atomic E-state index is 0.0367. The van der Waals surface area contributed by atoms with Gasteiger partial charge in [0.25, 0.3) is 0 Å². The lowest BCUT2D eigenvalue weighted by molar-refractivity contribution is 0.0219. The number of ether oxygens (including phenoxy) is 2. The van der Waals surface area contributed by atoms with Crippen LogP contribution < -0.4 is 10.5 Å². The second-order valence-electron chi connectivity index (χ2n) is 7.05. The van der Waals surface area contributed by atoms with Crippen LogP contribution in [0, 0.1) is 5.82 Å². The van der Waals surface area contributed by atoms with Crippen molar-refractivity contribution in [2.75, 3.05) is 12.3 Å². The number of hydrogen-bond donors (Lipinski definition) is 1. The number of anilines is 1. The van der Waals surface area contributed by atoms with Gasteiger partial charge in [-0.1, -0.05) is 0 Å². The minimum atomic E-state index is -0.566. The number of aromatic nitrogens is 2. The van der Waals surface area contributed by atoms with Gasteiger partial charge in [0, 0.05) is 23.9 Å². The molecule has 7 nitrogen and oxygen atoms in total. The first kappa shape index (κ1) is 17.9. The Labute approximate surface area is 150 Å². The van der Waals surface area contributed by atoms with E-state index in [1.54, 1.807) is 11.0 Å². The number of nitrogens with two attached hydrogens (primary N) is 1. The van der Waals surface area contributed by atoms with Crippen LogP contribution in [0.15, 0.2) is 24.5 Å². The number of halogens is 1. The number of benzene rings is 1. The highest BCUT2D eigenvalue weighted by molar-refractivity contribution is 5.68. The summed E-state index contributed by atoms with van der Waals surface area (Å²) in [4.78, 5) is 22.2. The smallest absolute Gasteiger partial charge is 0.410 e. The number of carbonyl (C=O) groups excluding carboxylic acids is 1. The summed E-state index contributed by atoms with van der Waals surface area (Å²) >= 11 is 0. The molecule has 0 fully saturated rings. The first-order valence-electron chi connectivity index (χ1n) is 8.26. The van der Waals surface area contributed by atoms with E-state index in [0.29, 0.717) is 24.3 Å². The van der Waals surface area contributed by atoms with E-state index in [9.17, 15) is 9.18 Å². The number of nitrogen functional groups attached to an aromatic ring is 1. The topological polar surface area (TPSA) is 90.6 Å². The number of hydrogen-bond acceptors (Lipinski definition) is 6. The van der Waals surface area contributed by atoms with Crippen molar-refractivity contribution in [1.29, 1.82) is 0 Å². The van der Waals surface area contributed by atoms with E-state index in [1.807, 2.05) is 20.8 Å². The fraction of sp³-hybridized carbons (Fsp3) is 0.389. The first-order valence-corrected chi connectivity index (χ1v) is 8.26. The Morgan fingerprint density at radius 1 is 1.31 bits per heavy atom. The fourth-order valence-electron chi connectivity index (χ4n) is 2.60. The van der Waals surface area contributed by atoms with Crippen LogP contribution in [0.5, 0.6) is 11.6 Å². The monoisotopic (exact) mass is 360 g/mol. The summed E-state index contributed by atoms with van der Waals surface area (Å²) < 4.78 is 25.0. The third-order valence-corrected chi connectivity index (χ3v) is 3.78. The molecule has 2 N–H and O–H groups in total. The van der Waals surface area contributed by atoms with Crippen molar-refractivity contribution >= 4 is 11.8 Å². The molecule has 0 unspecified atom stereocenters. The molecule has 1 amide bonds. The lowest BCUT2D eigenvalue weighted by Gasteiger charge is -2.30. The van der Waals surface area contributed by atoms with Gasteiger partial charge in [-0.05, 0) is 39.3 Å². The van der Waals surface area contributed by atoms with Gasteiger partial charge in [-0.25, -0.2) is 19.2 Å². The van der Waals surface area contributed by atoms with Crippen molar-refractivity contribution in [3.63, 3.8) is 0 Å². The predicted octanol–water partition coefficient (Wildman–Crippen LogP) is 3.28. The predicted molar refractivity (Wildman–Crippen MR) is 93.3 cm³/mol. The number of nitrogens with zero attached hydrogens (tertiary/aromatic N) is 3. The summed E-state index contributed by atoms with van der Waals surface area (Å²) in [6.45, 7) is 6.18. The zero-order valence-electron chi connectivity index (χ0n) is 15.0. The van der Waals surface area contributed by atoms with Gasteiger partial charge in [0.2, 0.25) is 5.88 Å². The third kappa shape index (κ3) is 4.01. The maximum atomic E-state index is 14.0. The van der Waals surface area contributed by atoms with E-state index in [2.05, 4.69) is 9.97 Å². The van der Waals surface area contributed by atoms with Crippen LogP contribution in [0.3, 0.4) is 0 Å². The summed E-state index contributed by atoms with van der Waals surface area (Å²) in [6, 6.07) is 4.19. The Hall–Kier alpha value is -2.90. The minimum Gasteiger partial charge on any atom is -0.444 e. The zero-order chi connectivity index (χ0) is 18.9. The number of fused-ring (bicyclic) bond motifs is 1. The van der Waals surface area contributed by atoms with Gasteiger partial charge in [-0.3, -0.25) is 0 Å². The quantitative estimate of drug-likeness (QED) is 0.827. The van der Waals surface area contributed by atoms with Crippen molar-refractivity contribution in [3.8, 4) is 11.6 Å². The van der Waals surface area contributed by atoms with Crippen molar-refractivity contribution in [2.24, 2.45) is 0 Å². The van der Waals surface area contributed by atoms with Crippen molar-refractivity contribution in [3.05, 3.63) is 41.6 Å². The molecule has 1 aromatic heterocycles. The second-order valence-corrected chi connectivity index (χ2v) is 7.05. The van der Waals surface area contributed by atoms with Gasteiger partial charge in [-0.2, -0.15) is 0 Å². The SMILES string of the molecule is CC(C)(C)OC(=O)N1CCc2c(ncnc2Oc2ccc(N)cc2F)C1. The summed E-state index contributed by atoms with van der Waals surface area (Å²) in [7, 11) is 0. The summed E-state index contributed by atoms with van der Waals surface area (Å²) in [6.07, 6.45) is 1.43. The molecule has 1 aromatic carbocycles. The molecule has 2 aromatic rings. The molecule has 0 saturated heterocycles. The van der Waals surface area contributed by atoms with Crippen molar-refractivity contribution in [2.45, 2.75) is 39.3 Å².